The van der Waals surface area contributed by atoms with Gasteiger partial charge in [0.25, 0.3) is 0 Å². The molecule has 0 aromatic carbocycles. The molecule has 0 amide bonds. The SMILES string of the molecule is CC1(C)CNC2(CCCC2)CN1Cc1cncc(Br)c1. The van der Waals surface area contributed by atoms with E-state index >= 15 is 0 Å². The first-order valence-corrected chi connectivity index (χ1v) is 8.38. The normalized spacial score (nSPS) is 25.1. The van der Waals surface area contributed by atoms with Crippen LogP contribution in [0.1, 0.15) is 45.1 Å². The number of nitrogens with zero attached hydrogens (tertiary/aromatic N) is 2. The van der Waals surface area contributed by atoms with Crippen LogP contribution in [0.2, 0.25) is 0 Å². The van der Waals surface area contributed by atoms with E-state index in [1.54, 1.807) is 0 Å². The summed E-state index contributed by atoms with van der Waals surface area (Å²) >= 11 is 3.52. The van der Waals surface area contributed by atoms with Gasteiger partial charge in [0, 0.05) is 47.6 Å². The first-order valence-electron chi connectivity index (χ1n) is 7.59. The van der Waals surface area contributed by atoms with Gasteiger partial charge < -0.3 is 5.32 Å². The summed E-state index contributed by atoms with van der Waals surface area (Å²) < 4.78 is 1.07. The lowest BCUT2D eigenvalue weighted by Gasteiger charge is -2.51. The average Bonchev–Trinajstić information content (AvgIpc) is 2.84. The van der Waals surface area contributed by atoms with Crippen LogP contribution in [0, 0.1) is 0 Å². The van der Waals surface area contributed by atoms with Gasteiger partial charge in [0.05, 0.1) is 0 Å². The van der Waals surface area contributed by atoms with E-state index in [4.69, 9.17) is 0 Å². The van der Waals surface area contributed by atoms with E-state index in [0.717, 1.165) is 24.1 Å². The van der Waals surface area contributed by atoms with Crippen molar-refractivity contribution in [1.29, 1.82) is 0 Å². The lowest BCUT2D eigenvalue weighted by molar-refractivity contribution is 0.0216. The van der Waals surface area contributed by atoms with Gasteiger partial charge in [-0.15, -0.1) is 0 Å². The van der Waals surface area contributed by atoms with Crippen LogP contribution >= 0.6 is 15.9 Å². The Balaban J connectivity index is 1.78. The highest BCUT2D eigenvalue weighted by Gasteiger charge is 2.43. The molecule has 0 atom stereocenters. The van der Waals surface area contributed by atoms with E-state index in [9.17, 15) is 0 Å². The second kappa shape index (κ2) is 5.39. The van der Waals surface area contributed by atoms with E-state index in [1.165, 1.54) is 31.2 Å². The molecule has 1 spiro atoms. The van der Waals surface area contributed by atoms with Crippen molar-refractivity contribution < 1.29 is 0 Å². The highest BCUT2D eigenvalue weighted by molar-refractivity contribution is 9.10. The fraction of sp³-hybridized carbons (Fsp3) is 0.688. The van der Waals surface area contributed by atoms with Crippen molar-refractivity contribution in [2.45, 2.75) is 57.2 Å². The van der Waals surface area contributed by atoms with Gasteiger partial charge in [0.15, 0.2) is 0 Å². The zero-order valence-corrected chi connectivity index (χ0v) is 14.0. The van der Waals surface area contributed by atoms with E-state index in [1.807, 2.05) is 12.4 Å². The maximum absolute atomic E-state index is 4.30. The molecule has 1 aliphatic heterocycles. The predicted octanol–water partition coefficient (Wildman–Crippen LogP) is 3.34. The zero-order valence-electron chi connectivity index (χ0n) is 12.5. The standard InChI is InChI=1S/C16H24BrN3/c1-15(2)11-19-16(5-3-4-6-16)12-20(15)10-13-7-14(17)9-18-8-13/h7-9,19H,3-6,10-12H2,1-2H3. The second-order valence-corrected chi connectivity index (χ2v) is 7.94. The molecule has 20 heavy (non-hydrogen) atoms. The summed E-state index contributed by atoms with van der Waals surface area (Å²) in [5.41, 5.74) is 1.87. The van der Waals surface area contributed by atoms with E-state index in [2.05, 4.69) is 51.0 Å². The van der Waals surface area contributed by atoms with Crippen molar-refractivity contribution in [3.8, 4) is 0 Å². The molecule has 0 radical (unpaired) electrons. The van der Waals surface area contributed by atoms with Crippen LogP contribution < -0.4 is 5.32 Å². The van der Waals surface area contributed by atoms with Gasteiger partial charge in [0.1, 0.15) is 0 Å². The fourth-order valence-electron chi connectivity index (χ4n) is 3.57. The first kappa shape index (κ1) is 14.5. The Morgan fingerprint density at radius 1 is 1.30 bits per heavy atom. The molecular weight excluding hydrogens is 314 g/mol. The lowest BCUT2D eigenvalue weighted by Crippen LogP contribution is -2.66. The molecule has 3 rings (SSSR count). The van der Waals surface area contributed by atoms with Gasteiger partial charge in [-0.3, -0.25) is 9.88 Å². The largest absolute Gasteiger partial charge is 0.308 e. The smallest absolute Gasteiger partial charge is 0.0410 e. The van der Waals surface area contributed by atoms with Crippen LogP contribution in [0.4, 0.5) is 0 Å². The van der Waals surface area contributed by atoms with Gasteiger partial charge in [-0.25, -0.2) is 0 Å². The summed E-state index contributed by atoms with van der Waals surface area (Å²) in [6, 6.07) is 2.19. The molecule has 0 bridgehead atoms. The number of nitrogens with one attached hydrogen (secondary N) is 1. The number of halogens is 1. The van der Waals surface area contributed by atoms with Crippen LogP contribution in [0.3, 0.4) is 0 Å². The van der Waals surface area contributed by atoms with Crippen LogP contribution in [0.15, 0.2) is 22.9 Å². The van der Waals surface area contributed by atoms with Gasteiger partial charge in [-0.2, -0.15) is 0 Å². The maximum atomic E-state index is 4.30. The van der Waals surface area contributed by atoms with Crippen LogP contribution in [0.25, 0.3) is 0 Å². The Labute approximate surface area is 130 Å². The molecular formula is C16H24BrN3. The highest BCUT2D eigenvalue weighted by atomic mass is 79.9. The highest BCUT2D eigenvalue weighted by Crippen LogP contribution is 2.36. The Bertz CT molecular complexity index is 480. The zero-order chi connectivity index (χ0) is 14.2. The molecule has 1 saturated carbocycles. The second-order valence-electron chi connectivity index (χ2n) is 7.02. The summed E-state index contributed by atoms with van der Waals surface area (Å²) in [5.74, 6) is 0. The van der Waals surface area contributed by atoms with Crippen molar-refractivity contribution in [3.63, 3.8) is 0 Å². The molecule has 3 nitrogen and oxygen atoms in total. The van der Waals surface area contributed by atoms with Gasteiger partial charge in [-0.1, -0.05) is 12.8 Å². The third-order valence-corrected chi connectivity index (χ3v) is 5.37. The molecule has 0 unspecified atom stereocenters. The Morgan fingerprint density at radius 2 is 2.05 bits per heavy atom. The molecule has 2 aliphatic rings. The van der Waals surface area contributed by atoms with Crippen LogP contribution in [0.5, 0.6) is 0 Å². The number of piperazine rings is 1. The quantitative estimate of drug-likeness (QED) is 0.896. The fourth-order valence-corrected chi connectivity index (χ4v) is 3.98. The minimum atomic E-state index is 0.205. The minimum absolute atomic E-state index is 0.205. The predicted molar refractivity (Wildman–Crippen MR) is 85.6 cm³/mol. The molecule has 1 saturated heterocycles. The summed E-state index contributed by atoms with van der Waals surface area (Å²) in [4.78, 5) is 6.93. The maximum Gasteiger partial charge on any atom is 0.0410 e. The van der Waals surface area contributed by atoms with Gasteiger partial charge in [0.2, 0.25) is 0 Å². The summed E-state index contributed by atoms with van der Waals surface area (Å²) in [7, 11) is 0. The molecule has 1 aromatic heterocycles. The van der Waals surface area contributed by atoms with Crippen LogP contribution in [-0.2, 0) is 6.54 Å². The third-order valence-electron chi connectivity index (χ3n) is 4.94. The molecule has 2 heterocycles. The third kappa shape index (κ3) is 2.92. The van der Waals surface area contributed by atoms with Crippen molar-refractivity contribution in [3.05, 3.63) is 28.5 Å². The molecule has 1 aliphatic carbocycles. The molecule has 2 fully saturated rings. The molecule has 4 heteroatoms. The van der Waals surface area contributed by atoms with E-state index < -0.39 is 0 Å². The van der Waals surface area contributed by atoms with Crippen LogP contribution in [-0.4, -0.2) is 34.1 Å². The Kier molecular flexibility index (Phi) is 3.91. The molecule has 1 N–H and O–H groups in total. The summed E-state index contributed by atoms with van der Waals surface area (Å²) in [6.45, 7) is 7.91. The van der Waals surface area contributed by atoms with Crippen molar-refractivity contribution in [2.24, 2.45) is 0 Å². The van der Waals surface area contributed by atoms with E-state index in [0.29, 0.717) is 5.54 Å². The Morgan fingerprint density at radius 3 is 2.75 bits per heavy atom. The van der Waals surface area contributed by atoms with E-state index in [-0.39, 0.29) is 5.54 Å². The number of aromatic nitrogens is 1. The number of hydrogen-bond acceptors (Lipinski definition) is 3. The topological polar surface area (TPSA) is 28.2 Å². The van der Waals surface area contributed by atoms with Crippen molar-refractivity contribution in [2.75, 3.05) is 13.1 Å². The summed E-state index contributed by atoms with van der Waals surface area (Å²) in [5, 5.41) is 3.85. The Hall–Kier alpha value is -0.450. The first-order chi connectivity index (χ1) is 9.49. The minimum Gasteiger partial charge on any atom is -0.308 e. The number of pyridine rings is 1. The molecule has 110 valence electrons. The average molecular weight is 338 g/mol. The van der Waals surface area contributed by atoms with Gasteiger partial charge >= 0.3 is 0 Å². The monoisotopic (exact) mass is 337 g/mol. The lowest BCUT2D eigenvalue weighted by atomic mass is 9.87. The number of hydrogen-bond donors (Lipinski definition) is 1. The summed E-state index contributed by atoms with van der Waals surface area (Å²) in [6.07, 6.45) is 9.25. The number of rotatable bonds is 2. The van der Waals surface area contributed by atoms with Crippen molar-refractivity contribution >= 4 is 15.9 Å². The molecule has 1 aromatic rings. The van der Waals surface area contributed by atoms with Gasteiger partial charge in [-0.05, 0) is 54.2 Å². The van der Waals surface area contributed by atoms with Crippen molar-refractivity contribution in [1.82, 2.24) is 15.2 Å².